The van der Waals surface area contributed by atoms with Crippen molar-refractivity contribution in [1.29, 1.82) is 0 Å². The van der Waals surface area contributed by atoms with Crippen molar-refractivity contribution in [1.82, 2.24) is 4.90 Å². The third kappa shape index (κ3) is 3.30. The summed E-state index contributed by atoms with van der Waals surface area (Å²) in [7, 11) is 1.60. The normalized spacial score (nSPS) is 19.7. The number of para-hydroxylation sites is 2. The minimum atomic E-state index is -1.76. The Balaban J connectivity index is 1.97. The minimum absolute atomic E-state index is 0.174. The number of anilines is 1. The van der Waals surface area contributed by atoms with E-state index in [9.17, 15) is 14.4 Å². The van der Waals surface area contributed by atoms with Crippen LogP contribution in [0.1, 0.15) is 19.4 Å². The molecular formula is C21H21N2O4. The molecule has 0 aliphatic carbocycles. The lowest BCUT2D eigenvalue weighted by Gasteiger charge is -2.41. The third-order valence-electron chi connectivity index (χ3n) is 4.76. The van der Waals surface area contributed by atoms with Gasteiger partial charge in [0, 0.05) is 13.6 Å². The molecule has 1 aliphatic rings. The first-order valence-electron chi connectivity index (χ1n) is 8.67. The molecule has 0 N–H and O–H groups in total. The summed E-state index contributed by atoms with van der Waals surface area (Å²) in [4.78, 5) is 40.4. The van der Waals surface area contributed by atoms with Gasteiger partial charge in [-0.1, -0.05) is 42.5 Å². The summed E-state index contributed by atoms with van der Waals surface area (Å²) in [5, 5.41) is 0. The summed E-state index contributed by atoms with van der Waals surface area (Å²) in [6.45, 7) is 3.19. The summed E-state index contributed by atoms with van der Waals surface area (Å²) in [6.07, 6.45) is 1.84. The van der Waals surface area contributed by atoms with Crippen LogP contribution >= 0.6 is 0 Å². The van der Waals surface area contributed by atoms with Gasteiger partial charge in [0.25, 0.3) is 17.4 Å². The molecule has 2 amide bonds. The number of carbonyl (C=O) groups is 2. The molecule has 3 rings (SSSR count). The van der Waals surface area contributed by atoms with Crippen LogP contribution in [0, 0.1) is 0 Å². The van der Waals surface area contributed by atoms with Crippen LogP contribution in [0.4, 0.5) is 5.69 Å². The predicted octanol–water partition coefficient (Wildman–Crippen LogP) is 2.33. The summed E-state index contributed by atoms with van der Waals surface area (Å²) < 4.78 is 5.87. The van der Waals surface area contributed by atoms with Gasteiger partial charge in [-0.3, -0.25) is 14.4 Å². The molecule has 1 radical (unpaired) electrons. The molecule has 2 aromatic rings. The van der Waals surface area contributed by atoms with Gasteiger partial charge in [0.2, 0.25) is 6.29 Å². The quantitative estimate of drug-likeness (QED) is 0.763. The first kappa shape index (κ1) is 18.6. The van der Waals surface area contributed by atoms with Gasteiger partial charge in [0.1, 0.15) is 5.75 Å². The number of nitrogens with zero attached hydrogens (tertiary/aromatic N) is 2. The van der Waals surface area contributed by atoms with Crippen molar-refractivity contribution in [3.05, 3.63) is 60.2 Å². The van der Waals surface area contributed by atoms with E-state index in [-0.39, 0.29) is 6.54 Å². The first-order chi connectivity index (χ1) is 12.9. The smallest absolute Gasteiger partial charge is 0.280 e. The lowest BCUT2D eigenvalue weighted by atomic mass is 9.98. The largest absolute Gasteiger partial charge is 0.465 e. The molecule has 0 fully saturated rings. The van der Waals surface area contributed by atoms with Crippen LogP contribution in [-0.4, -0.2) is 41.7 Å². The zero-order valence-electron chi connectivity index (χ0n) is 15.5. The van der Waals surface area contributed by atoms with Gasteiger partial charge >= 0.3 is 0 Å². The number of hydrogen-bond acceptors (Lipinski definition) is 4. The Bertz CT molecular complexity index is 867. The second-order valence-corrected chi connectivity index (χ2v) is 6.68. The van der Waals surface area contributed by atoms with Gasteiger partial charge in [0.05, 0.1) is 11.7 Å². The van der Waals surface area contributed by atoms with Crippen molar-refractivity contribution in [2.24, 2.45) is 0 Å². The molecule has 0 aromatic heterocycles. The number of carbonyl (C=O) groups excluding carboxylic acids is 3. The second kappa shape index (κ2) is 7.23. The van der Waals surface area contributed by atoms with Gasteiger partial charge in [-0.15, -0.1) is 0 Å². The number of fused-ring (bicyclic) bond motifs is 1. The van der Waals surface area contributed by atoms with Gasteiger partial charge < -0.3 is 14.5 Å². The zero-order valence-corrected chi connectivity index (χ0v) is 15.5. The number of rotatable bonds is 5. The Labute approximate surface area is 158 Å². The molecule has 1 unspecified atom stereocenters. The second-order valence-electron chi connectivity index (χ2n) is 6.68. The highest BCUT2D eigenvalue weighted by Crippen LogP contribution is 2.37. The van der Waals surface area contributed by atoms with E-state index in [1.54, 1.807) is 38.2 Å². The van der Waals surface area contributed by atoms with Crippen molar-refractivity contribution < 1.29 is 19.1 Å². The average Bonchev–Trinajstić information content (AvgIpc) is 2.70. The lowest BCUT2D eigenvalue weighted by Crippen LogP contribution is -2.63. The number of likely N-dealkylation sites (N-methyl/N-ethyl adjacent to an activating group) is 1. The Morgan fingerprint density at radius 2 is 1.81 bits per heavy atom. The number of ether oxygens (including phenoxy) is 1. The Kier molecular flexibility index (Phi) is 4.99. The van der Waals surface area contributed by atoms with Crippen LogP contribution in [0.15, 0.2) is 54.6 Å². The maximum Gasteiger partial charge on any atom is 0.280 e. The van der Waals surface area contributed by atoms with Crippen molar-refractivity contribution in [2.75, 3.05) is 11.9 Å². The van der Waals surface area contributed by atoms with Gasteiger partial charge in [-0.25, -0.2) is 0 Å². The molecule has 0 saturated carbocycles. The fourth-order valence-electron chi connectivity index (χ4n) is 3.15. The van der Waals surface area contributed by atoms with Crippen LogP contribution in [0.25, 0.3) is 0 Å². The molecule has 2 atom stereocenters. The van der Waals surface area contributed by atoms with E-state index in [0.717, 1.165) is 5.56 Å². The molecular weight excluding hydrogens is 344 g/mol. The fourth-order valence-corrected chi connectivity index (χ4v) is 3.15. The van der Waals surface area contributed by atoms with Crippen molar-refractivity contribution in [3.8, 4) is 5.75 Å². The highest BCUT2D eigenvalue weighted by molar-refractivity contribution is 6.16. The van der Waals surface area contributed by atoms with Crippen molar-refractivity contribution in [3.63, 3.8) is 0 Å². The van der Waals surface area contributed by atoms with Gasteiger partial charge in [0.15, 0.2) is 0 Å². The Morgan fingerprint density at radius 3 is 2.48 bits per heavy atom. The number of amides is 2. The molecule has 27 heavy (non-hydrogen) atoms. The molecule has 6 nitrogen and oxygen atoms in total. The van der Waals surface area contributed by atoms with E-state index >= 15 is 0 Å². The standard InChI is InChI=1S/C21H21N2O4/c1-15(14-24)23(13-16-9-5-4-6-10-16)20(26)21(2)19(25)22(3)17-11-7-8-12-18(17)27-21/h4-12,15H,13H2,1-3H3/t15-,21?/m0/s1. The molecule has 0 bridgehead atoms. The SMILES string of the molecule is C[C@@H]([C]=O)N(Cc1ccccc1)C(=O)C1(C)Oc2ccccc2N(C)C1=O. The lowest BCUT2D eigenvalue weighted by molar-refractivity contribution is -0.157. The van der Waals surface area contributed by atoms with E-state index in [2.05, 4.69) is 0 Å². The van der Waals surface area contributed by atoms with Crippen LogP contribution < -0.4 is 9.64 Å². The molecule has 1 aliphatic heterocycles. The summed E-state index contributed by atoms with van der Waals surface area (Å²) in [5.41, 5.74) is -0.325. The highest BCUT2D eigenvalue weighted by atomic mass is 16.5. The van der Waals surface area contributed by atoms with E-state index in [1.165, 1.54) is 16.7 Å². The Morgan fingerprint density at radius 1 is 1.19 bits per heavy atom. The zero-order chi connectivity index (χ0) is 19.6. The van der Waals surface area contributed by atoms with E-state index < -0.39 is 23.5 Å². The van der Waals surface area contributed by atoms with Crippen LogP contribution in [0.5, 0.6) is 5.75 Å². The average molecular weight is 365 g/mol. The number of benzene rings is 2. The van der Waals surface area contributed by atoms with Gasteiger partial charge in [-0.05, 0) is 31.5 Å². The summed E-state index contributed by atoms with van der Waals surface area (Å²) in [5.74, 6) is -0.617. The highest BCUT2D eigenvalue weighted by Gasteiger charge is 2.52. The van der Waals surface area contributed by atoms with E-state index in [0.29, 0.717) is 11.4 Å². The molecule has 2 aromatic carbocycles. The minimum Gasteiger partial charge on any atom is -0.465 e. The summed E-state index contributed by atoms with van der Waals surface area (Å²) >= 11 is 0. The maximum absolute atomic E-state index is 13.4. The van der Waals surface area contributed by atoms with Crippen LogP contribution in [0.2, 0.25) is 0 Å². The van der Waals surface area contributed by atoms with Crippen molar-refractivity contribution >= 4 is 23.8 Å². The molecule has 139 valence electrons. The van der Waals surface area contributed by atoms with Crippen LogP contribution in [0.3, 0.4) is 0 Å². The summed E-state index contributed by atoms with van der Waals surface area (Å²) in [6, 6.07) is 15.5. The van der Waals surface area contributed by atoms with E-state index in [4.69, 9.17) is 4.74 Å². The van der Waals surface area contributed by atoms with Crippen molar-refractivity contribution in [2.45, 2.75) is 32.0 Å². The van der Waals surface area contributed by atoms with Gasteiger partial charge in [-0.2, -0.15) is 0 Å². The predicted molar refractivity (Wildman–Crippen MR) is 101 cm³/mol. The first-order valence-corrected chi connectivity index (χ1v) is 8.67. The Hall–Kier alpha value is -3.15. The monoisotopic (exact) mass is 365 g/mol. The molecule has 0 spiro atoms. The molecule has 1 heterocycles. The topological polar surface area (TPSA) is 66.9 Å². The molecule has 6 heteroatoms. The van der Waals surface area contributed by atoms with Crippen LogP contribution in [-0.2, 0) is 20.9 Å². The molecule has 0 saturated heterocycles. The van der Waals surface area contributed by atoms with E-state index in [1.807, 2.05) is 36.6 Å². The fraction of sp³-hybridized carbons (Fsp3) is 0.286. The third-order valence-corrected chi connectivity index (χ3v) is 4.76. The maximum atomic E-state index is 13.4. The number of hydrogen-bond donors (Lipinski definition) is 0.